The average Bonchev–Trinajstić information content (AvgIpc) is 2.70. The minimum Gasteiger partial charge on any atom is -0.316 e. The maximum absolute atomic E-state index is 4.10. The molecular weight excluding hydrogens is 198 g/mol. The van der Waals surface area contributed by atoms with E-state index in [-0.39, 0.29) is 0 Å². The lowest BCUT2D eigenvalue weighted by atomic mass is 10.1. The Balaban J connectivity index is 2.52. The summed E-state index contributed by atoms with van der Waals surface area (Å²) in [5.41, 5.74) is 0.992. The third-order valence-electron chi connectivity index (χ3n) is 1.97. The fourth-order valence-electron chi connectivity index (χ4n) is 1.22. The molecule has 0 amide bonds. The zero-order valence-corrected chi connectivity index (χ0v) is 9.12. The van der Waals surface area contributed by atoms with Gasteiger partial charge in [0.25, 0.3) is 0 Å². The number of rotatable bonds is 2. The van der Waals surface area contributed by atoms with E-state index in [0.29, 0.717) is 5.92 Å². The van der Waals surface area contributed by atoms with Gasteiger partial charge in [-0.15, -0.1) is 15.3 Å². The van der Waals surface area contributed by atoms with Gasteiger partial charge in [0.1, 0.15) is 11.2 Å². The van der Waals surface area contributed by atoms with E-state index in [0.717, 1.165) is 16.4 Å². The largest absolute Gasteiger partial charge is 0.316 e. The molecule has 74 valence electrons. The van der Waals surface area contributed by atoms with Crippen LogP contribution in [0.4, 0.5) is 0 Å². The van der Waals surface area contributed by atoms with E-state index in [1.165, 1.54) is 11.5 Å². The molecule has 5 nitrogen and oxygen atoms in total. The second-order valence-electron chi connectivity index (χ2n) is 3.41. The van der Waals surface area contributed by atoms with Crippen molar-refractivity contribution < 1.29 is 0 Å². The highest BCUT2D eigenvalue weighted by Gasteiger charge is 2.16. The van der Waals surface area contributed by atoms with Gasteiger partial charge < -0.3 is 4.57 Å². The van der Waals surface area contributed by atoms with Crippen LogP contribution in [-0.4, -0.2) is 24.4 Å². The Kier molecular flexibility index (Phi) is 2.28. The van der Waals surface area contributed by atoms with Crippen molar-refractivity contribution in [1.82, 2.24) is 24.4 Å². The van der Waals surface area contributed by atoms with Crippen LogP contribution in [0.15, 0.2) is 6.33 Å². The van der Waals surface area contributed by atoms with Gasteiger partial charge in [-0.1, -0.05) is 18.3 Å². The van der Waals surface area contributed by atoms with Crippen LogP contribution < -0.4 is 0 Å². The van der Waals surface area contributed by atoms with Gasteiger partial charge in [-0.05, 0) is 17.5 Å². The fraction of sp³-hybridized carbons (Fsp3) is 0.500. The van der Waals surface area contributed by atoms with E-state index < -0.39 is 0 Å². The smallest absolute Gasteiger partial charge is 0.177 e. The summed E-state index contributed by atoms with van der Waals surface area (Å²) in [6.07, 6.45) is 1.68. The number of aryl methyl sites for hydroxylation is 1. The minimum atomic E-state index is 0.362. The number of hydrogen-bond acceptors (Lipinski definition) is 5. The Morgan fingerprint density at radius 3 is 2.71 bits per heavy atom. The van der Waals surface area contributed by atoms with Crippen molar-refractivity contribution >= 4 is 11.5 Å². The van der Waals surface area contributed by atoms with Gasteiger partial charge in [0.05, 0.1) is 5.69 Å². The van der Waals surface area contributed by atoms with Crippen molar-refractivity contribution in [3.63, 3.8) is 0 Å². The summed E-state index contributed by atoms with van der Waals surface area (Å²) in [7, 11) is 1.92. The molecule has 6 heteroatoms. The molecule has 0 saturated carbocycles. The van der Waals surface area contributed by atoms with Crippen LogP contribution in [0.25, 0.3) is 10.7 Å². The molecule has 0 aromatic carbocycles. The molecule has 0 fully saturated rings. The normalized spacial score (nSPS) is 11.1. The molecule has 2 aromatic rings. The average molecular weight is 209 g/mol. The van der Waals surface area contributed by atoms with Gasteiger partial charge in [-0.3, -0.25) is 0 Å². The first kappa shape index (κ1) is 9.26. The lowest BCUT2D eigenvalue weighted by Crippen LogP contribution is -1.95. The van der Waals surface area contributed by atoms with Crippen LogP contribution in [0.1, 0.15) is 25.5 Å². The molecule has 2 aromatic heterocycles. The molecule has 0 aliphatic carbocycles. The van der Waals surface area contributed by atoms with Crippen molar-refractivity contribution in [2.24, 2.45) is 7.05 Å². The molecular formula is C8H11N5S. The Bertz CT molecular complexity index is 430. The summed E-state index contributed by atoms with van der Waals surface area (Å²) >= 11 is 1.37. The molecule has 0 atom stereocenters. The standard InChI is InChI=1S/C8H11N5S/c1-5(2)6-7(14-12-10-6)8-11-9-4-13(8)3/h4-5H,1-3H3. The van der Waals surface area contributed by atoms with Gasteiger partial charge in [-0.2, -0.15) is 0 Å². The van der Waals surface area contributed by atoms with Crippen LogP contribution in [0, 0.1) is 0 Å². The number of nitrogens with zero attached hydrogens (tertiary/aromatic N) is 5. The first-order valence-electron chi connectivity index (χ1n) is 4.36. The SMILES string of the molecule is CC(C)c1nnsc1-c1nncn1C. The van der Waals surface area contributed by atoms with E-state index in [1.807, 2.05) is 11.6 Å². The predicted octanol–water partition coefficient (Wildman–Crippen LogP) is 1.46. The highest BCUT2D eigenvalue weighted by molar-refractivity contribution is 7.09. The molecule has 0 radical (unpaired) electrons. The van der Waals surface area contributed by atoms with Gasteiger partial charge in [-0.25, -0.2) is 0 Å². The topological polar surface area (TPSA) is 56.5 Å². The van der Waals surface area contributed by atoms with Gasteiger partial charge in [0.15, 0.2) is 5.82 Å². The molecule has 2 rings (SSSR count). The van der Waals surface area contributed by atoms with Gasteiger partial charge >= 0.3 is 0 Å². The second-order valence-corrected chi connectivity index (χ2v) is 4.16. The quantitative estimate of drug-likeness (QED) is 0.751. The van der Waals surface area contributed by atoms with Crippen LogP contribution in [0.2, 0.25) is 0 Å². The summed E-state index contributed by atoms with van der Waals surface area (Å²) in [5.74, 6) is 1.20. The lowest BCUT2D eigenvalue weighted by Gasteiger charge is -2.02. The van der Waals surface area contributed by atoms with E-state index in [9.17, 15) is 0 Å². The Labute approximate surface area is 86.0 Å². The third-order valence-corrected chi connectivity index (χ3v) is 2.71. The highest BCUT2D eigenvalue weighted by atomic mass is 32.1. The van der Waals surface area contributed by atoms with Crippen molar-refractivity contribution in [3.8, 4) is 10.7 Å². The molecule has 0 unspecified atom stereocenters. The lowest BCUT2D eigenvalue weighted by molar-refractivity contribution is 0.809. The van der Waals surface area contributed by atoms with Crippen molar-refractivity contribution in [1.29, 1.82) is 0 Å². The van der Waals surface area contributed by atoms with Crippen molar-refractivity contribution in [3.05, 3.63) is 12.0 Å². The predicted molar refractivity (Wildman–Crippen MR) is 54.0 cm³/mol. The number of aromatic nitrogens is 5. The molecule has 0 aliphatic heterocycles. The molecule has 0 aliphatic rings. The van der Waals surface area contributed by atoms with Gasteiger partial charge in [0, 0.05) is 7.05 Å². The highest BCUT2D eigenvalue weighted by Crippen LogP contribution is 2.28. The van der Waals surface area contributed by atoms with Gasteiger partial charge in [0.2, 0.25) is 0 Å². The maximum atomic E-state index is 4.10. The minimum absolute atomic E-state index is 0.362. The van der Waals surface area contributed by atoms with Crippen molar-refractivity contribution in [2.45, 2.75) is 19.8 Å². The van der Waals surface area contributed by atoms with Crippen LogP contribution >= 0.6 is 11.5 Å². The van der Waals surface area contributed by atoms with Crippen molar-refractivity contribution in [2.75, 3.05) is 0 Å². The molecule has 0 N–H and O–H groups in total. The van der Waals surface area contributed by atoms with E-state index in [2.05, 4.69) is 33.6 Å². The zero-order valence-electron chi connectivity index (χ0n) is 8.30. The Morgan fingerprint density at radius 1 is 1.36 bits per heavy atom. The Morgan fingerprint density at radius 2 is 2.14 bits per heavy atom. The zero-order chi connectivity index (χ0) is 10.1. The first-order valence-corrected chi connectivity index (χ1v) is 5.14. The van der Waals surface area contributed by atoms with E-state index >= 15 is 0 Å². The summed E-state index contributed by atoms with van der Waals surface area (Å²) in [5, 5.41) is 12.0. The molecule has 14 heavy (non-hydrogen) atoms. The second kappa shape index (κ2) is 3.45. The van der Waals surface area contributed by atoms with Crippen LogP contribution in [-0.2, 0) is 7.05 Å². The summed E-state index contributed by atoms with van der Waals surface area (Å²) in [6, 6.07) is 0. The number of hydrogen-bond donors (Lipinski definition) is 0. The molecule has 0 saturated heterocycles. The monoisotopic (exact) mass is 209 g/mol. The summed E-state index contributed by atoms with van der Waals surface area (Å²) in [6.45, 7) is 4.19. The summed E-state index contributed by atoms with van der Waals surface area (Å²) in [4.78, 5) is 1.01. The van der Waals surface area contributed by atoms with E-state index in [1.54, 1.807) is 6.33 Å². The third kappa shape index (κ3) is 1.41. The fourth-order valence-corrected chi connectivity index (χ4v) is 2.07. The summed E-state index contributed by atoms with van der Waals surface area (Å²) < 4.78 is 5.83. The molecule has 2 heterocycles. The van der Waals surface area contributed by atoms with E-state index in [4.69, 9.17) is 0 Å². The van der Waals surface area contributed by atoms with Crippen LogP contribution in [0.3, 0.4) is 0 Å². The Hall–Kier alpha value is -1.30. The van der Waals surface area contributed by atoms with Crippen LogP contribution in [0.5, 0.6) is 0 Å². The first-order chi connectivity index (χ1) is 6.70. The molecule has 0 bridgehead atoms. The maximum Gasteiger partial charge on any atom is 0.177 e. The molecule has 0 spiro atoms.